The Labute approximate surface area is 88.3 Å². The SMILES string of the molecule is Cc1cccc2[cH-]ccc12.[H-].[H-].[Sc+3]. The first-order chi connectivity index (χ1) is 4.88. The summed E-state index contributed by atoms with van der Waals surface area (Å²) in [5, 5.41) is 2.72. The summed E-state index contributed by atoms with van der Waals surface area (Å²) in [7, 11) is 0. The minimum Gasteiger partial charge on any atom is -1.00 e. The Morgan fingerprint density at radius 3 is 2.82 bits per heavy atom. The Morgan fingerprint density at radius 2 is 2.09 bits per heavy atom. The van der Waals surface area contributed by atoms with Crippen LogP contribution in [0.25, 0.3) is 10.8 Å². The summed E-state index contributed by atoms with van der Waals surface area (Å²) < 4.78 is 0. The van der Waals surface area contributed by atoms with Crippen LogP contribution in [0.1, 0.15) is 8.42 Å². The van der Waals surface area contributed by atoms with E-state index in [-0.39, 0.29) is 28.7 Å². The maximum atomic E-state index is 2.16. The molecule has 0 N–H and O–H groups in total. The summed E-state index contributed by atoms with van der Waals surface area (Å²) in [5.41, 5.74) is 1.36. The number of fused-ring (bicyclic) bond motifs is 1. The predicted molar refractivity (Wildman–Crippen MR) is 46.5 cm³/mol. The van der Waals surface area contributed by atoms with Crippen LogP contribution in [0.3, 0.4) is 0 Å². The van der Waals surface area contributed by atoms with E-state index in [0.29, 0.717) is 0 Å². The van der Waals surface area contributed by atoms with Gasteiger partial charge in [0.25, 0.3) is 0 Å². The molecule has 0 spiro atoms. The summed E-state index contributed by atoms with van der Waals surface area (Å²) in [5.74, 6) is 0. The predicted octanol–water partition coefficient (Wildman–Crippen LogP) is 3.09. The molecule has 0 saturated heterocycles. The van der Waals surface area contributed by atoms with Crippen LogP contribution in [-0.4, -0.2) is 0 Å². The number of aryl methyl sites for hydroxylation is 1. The maximum Gasteiger partial charge on any atom is 3.00 e. The molecule has 0 saturated carbocycles. The zero-order chi connectivity index (χ0) is 6.97. The van der Waals surface area contributed by atoms with Gasteiger partial charge in [-0.05, 0) is 6.92 Å². The Kier molecular flexibility index (Phi) is 2.72. The van der Waals surface area contributed by atoms with E-state index in [1.54, 1.807) is 0 Å². The second-order valence-corrected chi connectivity index (χ2v) is 2.60. The average Bonchev–Trinajstić information content (AvgIpc) is 2.36. The van der Waals surface area contributed by atoms with Crippen LogP contribution in [0.4, 0.5) is 0 Å². The third-order valence-electron chi connectivity index (χ3n) is 1.90. The van der Waals surface area contributed by atoms with E-state index in [4.69, 9.17) is 0 Å². The standard InChI is InChI=1S/C10H9.Sc.2H/c1-8-4-2-5-9-6-3-7-10(8)9;;;/h2-7H,1H3;;;/q-1;+3;2*-1. The molecule has 2 aromatic rings. The van der Waals surface area contributed by atoms with E-state index >= 15 is 0 Å². The second-order valence-electron chi connectivity index (χ2n) is 2.60. The Bertz CT molecular complexity index is 354. The van der Waals surface area contributed by atoms with Gasteiger partial charge >= 0.3 is 25.8 Å². The molecular weight excluding hydrogens is 165 g/mol. The maximum absolute atomic E-state index is 2.16. The first-order valence-corrected chi connectivity index (χ1v) is 3.49. The molecule has 11 heavy (non-hydrogen) atoms. The van der Waals surface area contributed by atoms with Gasteiger partial charge in [-0.2, -0.15) is 12.1 Å². The van der Waals surface area contributed by atoms with Gasteiger partial charge in [-0.1, -0.05) is 11.6 Å². The Balaban J connectivity index is 0. The first-order valence-electron chi connectivity index (χ1n) is 3.49. The fourth-order valence-corrected chi connectivity index (χ4v) is 1.32. The van der Waals surface area contributed by atoms with E-state index in [9.17, 15) is 0 Å². The van der Waals surface area contributed by atoms with E-state index in [1.807, 2.05) is 0 Å². The minimum atomic E-state index is 0. The molecule has 0 heterocycles. The van der Waals surface area contributed by atoms with Crippen molar-refractivity contribution in [3.05, 3.63) is 42.0 Å². The molecule has 2 rings (SSSR count). The Hall–Kier alpha value is -0.300. The smallest absolute Gasteiger partial charge is 1.00 e. The van der Waals surface area contributed by atoms with Gasteiger partial charge in [0.05, 0.1) is 0 Å². The van der Waals surface area contributed by atoms with Crippen molar-refractivity contribution in [2.24, 2.45) is 0 Å². The monoisotopic (exact) mass is 176 g/mol. The van der Waals surface area contributed by atoms with Crippen molar-refractivity contribution < 1.29 is 28.7 Å². The van der Waals surface area contributed by atoms with Crippen molar-refractivity contribution in [3.63, 3.8) is 0 Å². The third kappa shape index (κ3) is 1.48. The van der Waals surface area contributed by atoms with Crippen LogP contribution in [0.5, 0.6) is 0 Å². The summed E-state index contributed by atoms with van der Waals surface area (Å²) in [6.45, 7) is 2.14. The molecule has 0 radical (unpaired) electrons. The molecule has 0 aliphatic heterocycles. The number of rotatable bonds is 0. The van der Waals surface area contributed by atoms with E-state index < -0.39 is 0 Å². The van der Waals surface area contributed by atoms with E-state index in [1.165, 1.54) is 16.3 Å². The summed E-state index contributed by atoms with van der Waals surface area (Å²) >= 11 is 0. The molecule has 0 aliphatic rings. The van der Waals surface area contributed by atoms with Gasteiger partial charge in [0, 0.05) is 0 Å². The molecule has 0 unspecified atom stereocenters. The van der Waals surface area contributed by atoms with Gasteiger partial charge in [-0.25, -0.2) is 0 Å². The van der Waals surface area contributed by atoms with Crippen LogP contribution >= 0.6 is 0 Å². The van der Waals surface area contributed by atoms with Crippen molar-refractivity contribution in [2.45, 2.75) is 6.92 Å². The van der Waals surface area contributed by atoms with Crippen LogP contribution in [-0.2, 0) is 25.8 Å². The van der Waals surface area contributed by atoms with Crippen molar-refractivity contribution in [1.82, 2.24) is 0 Å². The molecule has 0 amide bonds. The van der Waals surface area contributed by atoms with Crippen molar-refractivity contribution in [2.75, 3.05) is 0 Å². The van der Waals surface area contributed by atoms with E-state index in [0.717, 1.165) is 0 Å². The molecule has 0 aliphatic carbocycles. The van der Waals surface area contributed by atoms with Gasteiger partial charge < -0.3 is 2.85 Å². The van der Waals surface area contributed by atoms with E-state index in [2.05, 4.69) is 43.3 Å². The second kappa shape index (κ2) is 3.40. The fraction of sp³-hybridized carbons (Fsp3) is 0.100. The van der Waals surface area contributed by atoms with Gasteiger partial charge in [0.2, 0.25) is 0 Å². The molecule has 0 atom stereocenters. The minimum absolute atomic E-state index is 0. The number of benzene rings is 1. The zero-order valence-electron chi connectivity index (χ0n) is 8.54. The molecule has 2 aromatic carbocycles. The largest absolute Gasteiger partial charge is 3.00 e. The normalized spacial score (nSPS) is 9.55. The molecule has 0 fully saturated rings. The van der Waals surface area contributed by atoms with Gasteiger partial charge in [-0.3, -0.25) is 0 Å². The van der Waals surface area contributed by atoms with Crippen LogP contribution in [0, 0.1) is 6.92 Å². The van der Waals surface area contributed by atoms with Crippen LogP contribution < -0.4 is 0 Å². The van der Waals surface area contributed by atoms with Gasteiger partial charge in [0.15, 0.2) is 0 Å². The molecule has 0 aromatic heterocycles. The van der Waals surface area contributed by atoms with Crippen LogP contribution in [0.15, 0.2) is 36.4 Å². The first kappa shape index (κ1) is 8.79. The Morgan fingerprint density at radius 1 is 1.27 bits per heavy atom. The van der Waals surface area contributed by atoms with Crippen molar-refractivity contribution in [3.8, 4) is 0 Å². The average molecular weight is 176 g/mol. The third-order valence-corrected chi connectivity index (χ3v) is 1.90. The summed E-state index contributed by atoms with van der Waals surface area (Å²) in [4.78, 5) is 0. The zero-order valence-corrected chi connectivity index (χ0v) is 8.34. The van der Waals surface area contributed by atoms with Gasteiger partial charge in [0.1, 0.15) is 0 Å². The number of hydrogen-bond acceptors (Lipinski definition) is 0. The quantitative estimate of drug-likeness (QED) is 0.541. The number of hydrogen-bond donors (Lipinski definition) is 0. The fourth-order valence-electron chi connectivity index (χ4n) is 1.32. The van der Waals surface area contributed by atoms with Gasteiger partial charge in [-0.15, -0.1) is 29.0 Å². The molecule has 1 heteroatoms. The molecule has 54 valence electrons. The molecule has 0 bridgehead atoms. The van der Waals surface area contributed by atoms with Crippen LogP contribution in [0.2, 0.25) is 0 Å². The summed E-state index contributed by atoms with van der Waals surface area (Å²) in [6.07, 6.45) is 0. The molecular formula is C10H11Sc. The summed E-state index contributed by atoms with van der Waals surface area (Å²) in [6, 6.07) is 12.8. The van der Waals surface area contributed by atoms with Crippen molar-refractivity contribution >= 4 is 10.8 Å². The van der Waals surface area contributed by atoms with Crippen molar-refractivity contribution in [1.29, 1.82) is 0 Å². The topological polar surface area (TPSA) is 0 Å². The molecule has 0 nitrogen and oxygen atoms in total.